The number of amides is 2. The number of aliphatic carboxylic acids is 1. The van der Waals surface area contributed by atoms with Gasteiger partial charge < -0.3 is 19.6 Å². The van der Waals surface area contributed by atoms with E-state index in [2.05, 4.69) is 0 Å². The van der Waals surface area contributed by atoms with Crippen LogP contribution in [0.25, 0.3) is 10.8 Å². The third-order valence-electron chi connectivity index (χ3n) is 5.70. The third-order valence-corrected chi connectivity index (χ3v) is 5.70. The molecule has 0 aromatic heterocycles. The lowest BCUT2D eigenvalue weighted by molar-refractivity contribution is -0.149. The molecule has 0 radical (unpaired) electrons. The fourth-order valence-corrected chi connectivity index (χ4v) is 4.23. The lowest BCUT2D eigenvalue weighted by Crippen LogP contribution is -2.44. The standard InChI is InChI=1S/C21H22N2O5/c1-28-15-10-18(21(26)27)23(12-15)20(25)14-9-19(24)22(11-14)17-8-4-6-13-5-2-3-7-16(13)17/h2-8,14-15,18H,9-12H2,1H3,(H,26,27). The van der Waals surface area contributed by atoms with Crippen LogP contribution in [-0.4, -0.2) is 60.1 Å². The van der Waals surface area contributed by atoms with E-state index in [4.69, 9.17) is 4.74 Å². The van der Waals surface area contributed by atoms with Crippen molar-refractivity contribution in [2.24, 2.45) is 5.92 Å². The van der Waals surface area contributed by atoms with Crippen LogP contribution in [0.5, 0.6) is 0 Å². The number of carbonyl (C=O) groups excluding carboxylic acids is 2. The molecule has 2 aliphatic heterocycles. The number of likely N-dealkylation sites (tertiary alicyclic amines) is 1. The fraction of sp³-hybridized carbons (Fsp3) is 0.381. The Balaban J connectivity index is 1.58. The number of ether oxygens (including phenoxy) is 1. The zero-order chi connectivity index (χ0) is 19.8. The quantitative estimate of drug-likeness (QED) is 0.873. The summed E-state index contributed by atoms with van der Waals surface area (Å²) in [6, 6.07) is 12.6. The van der Waals surface area contributed by atoms with Gasteiger partial charge in [0.1, 0.15) is 6.04 Å². The Morgan fingerprint density at radius 1 is 1.11 bits per heavy atom. The number of hydrogen-bond acceptors (Lipinski definition) is 4. The van der Waals surface area contributed by atoms with Crippen molar-refractivity contribution in [1.29, 1.82) is 0 Å². The SMILES string of the molecule is COC1CC(C(=O)O)N(C(=O)C2CC(=O)N(c3cccc4ccccc34)C2)C1. The van der Waals surface area contributed by atoms with Gasteiger partial charge in [0.25, 0.3) is 0 Å². The van der Waals surface area contributed by atoms with E-state index in [0.717, 1.165) is 16.5 Å². The first-order valence-electron chi connectivity index (χ1n) is 9.33. The second-order valence-electron chi connectivity index (χ2n) is 7.34. The summed E-state index contributed by atoms with van der Waals surface area (Å²) in [6.07, 6.45) is 0.0599. The number of rotatable bonds is 4. The first kappa shape index (κ1) is 18.4. The molecule has 7 heteroatoms. The molecule has 0 aliphatic carbocycles. The summed E-state index contributed by atoms with van der Waals surface area (Å²) in [7, 11) is 1.51. The molecule has 7 nitrogen and oxygen atoms in total. The van der Waals surface area contributed by atoms with Crippen LogP contribution in [0.2, 0.25) is 0 Å². The minimum Gasteiger partial charge on any atom is -0.480 e. The van der Waals surface area contributed by atoms with Gasteiger partial charge in [0, 0.05) is 38.4 Å². The number of nitrogens with zero attached hydrogens (tertiary/aromatic N) is 2. The number of methoxy groups -OCH3 is 1. The molecule has 2 saturated heterocycles. The van der Waals surface area contributed by atoms with Crippen molar-refractivity contribution in [2.45, 2.75) is 25.0 Å². The topological polar surface area (TPSA) is 87.1 Å². The average Bonchev–Trinajstić information content (AvgIpc) is 3.31. The Morgan fingerprint density at radius 3 is 2.61 bits per heavy atom. The van der Waals surface area contributed by atoms with E-state index >= 15 is 0 Å². The first-order chi connectivity index (χ1) is 13.5. The van der Waals surface area contributed by atoms with Crippen LogP contribution < -0.4 is 4.90 Å². The number of fused-ring (bicyclic) bond motifs is 1. The minimum atomic E-state index is -1.04. The molecule has 2 aromatic carbocycles. The van der Waals surface area contributed by atoms with Gasteiger partial charge >= 0.3 is 5.97 Å². The van der Waals surface area contributed by atoms with Gasteiger partial charge in [0.05, 0.1) is 17.7 Å². The van der Waals surface area contributed by atoms with E-state index in [-0.39, 0.29) is 43.8 Å². The van der Waals surface area contributed by atoms with Crippen LogP contribution in [0.15, 0.2) is 42.5 Å². The van der Waals surface area contributed by atoms with Crippen LogP contribution in [0.4, 0.5) is 5.69 Å². The molecule has 2 fully saturated rings. The summed E-state index contributed by atoms with van der Waals surface area (Å²) < 4.78 is 5.26. The highest BCUT2D eigenvalue weighted by Gasteiger charge is 2.45. The second-order valence-corrected chi connectivity index (χ2v) is 7.34. The number of carboxylic acid groups (broad SMARTS) is 1. The molecular weight excluding hydrogens is 360 g/mol. The van der Waals surface area contributed by atoms with E-state index in [1.807, 2.05) is 42.5 Å². The largest absolute Gasteiger partial charge is 0.480 e. The predicted octanol–water partition coefficient (Wildman–Crippen LogP) is 1.89. The highest BCUT2D eigenvalue weighted by Crippen LogP contribution is 2.33. The van der Waals surface area contributed by atoms with Crippen molar-refractivity contribution in [3.8, 4) is 0 Å². The van der Waals surface area contributed by atoms with Gasteiger partial charge in [-0.3, -0.25) is 9.59 Å². The summed E-state index contributed by atoms with van der Waals surface area (Å²) in [5.41, 5.74) is 0.782. The van der Waals surface area contributed by atoms with Crippen LogP contribution in [0.1, 0.15) is 12.8 Å². The molecular formula is C21H22N2O5. The Bertz CT molecular complexity index is 938. The van der Waals surface area contributed by atoms with Gasteiger partial charge in [0.2, 0.25) is 11.8 Å². The second kappa shape index (κ2) is 7.24. The number of carbonyl (C=O) groups is 3. The summed E-state index contributed by atoms with van der Waals surface area (Å²) in [5.74, 6) is -2.00. The van der Waals surface area contributed by atoms with Gasteiger partial charge in [-0.1, -0.05) is 36.4 Å². The average molecular weight is 382 g/mol. The minimum absolute atomic E-state index is 0.0859. The van der Waals surface area contributed by atoms with Gasteiger partial charge in [-0.05, 0) is 11.5 Å². The number of benzene rings is 2. The van der Waals surface area contributed by atoms with Crippen LogP contribution in [0, 0.1) is 5.92 Å². The maximum absolute atomic E-state index is 13.0. The Kier molecular flexibility index (Phi) is 4.77. The molecule has 3 unspecified atom stereocenters. The van der Waals surface area contributed by atoms with Gasteiger partial charge in [-0.15, -0.1) is 0 Å². The highest BCUT2D eigenvalue weighted by atomic mass is 16.5. The lowest BCUT2D eigenvalue weighted by Gasteiger charge is -2.25. The number of hydrogen-bond donors (Lipinski definition) is 1. The Labute approximate surface area is 162 Å². The Morgan fingerprint density at radius 2 is 1.86 bits per heavy atom. The van der Waals surface area contributed by atoms with Crippen molar-refractivity contribution in [3.63, 3.8) is 0 Å². The zero-order valence-corrected chi connectivity index (χ0v) is 15.6. The van der Waals surface area contributed by atoms with E-state index in [0.29, 0.717) is 0 Å². The van der Waals surface area contributed by atoms with Gasteiger partial charge in [0.15, 0.2) is 0 Å². The molecule has 0 bridgehead atoms. The van der Waals surface area contributed by atoms with Crippen LogP contribution in [-0.2, 0) is 19.1 Å². The normalized spacial score (nSPS) is 24.9. The number of anilines is 1. The van der Waals surface area contributed by atoms with E-state index in [1.165, 1.54) is 12.0 Å². The van der Waals surface area contributed by atoms with Crippen molar-refractivity contribution in [1.82, 2.24) is 4.90 Å². The van der Waals surface area contributed by atoms with Crippen molar-refractivity contribution >= 4 is 34.2 Å². The maximum atomic E-state index is 13.0. The summed E-state index contributed by atoms with van der Waals surface area (Å²) in [4.78, 5) is 40.3. The smallest absolute Gasteiger partial charge is 0.326 e. The summed E-state index contributed by atoms with van der Waals surface area (Å²) in [5, 5.41) is 11.4. The molecule has 1 N–H and O–H groups in total. The highest BCUT2D eigenvalue weighted by molar-refractivity contribution is 6.07. The summed E-state index contributed by atoms with van der Waals surface area (Å²) >= 11 is 0. The van der Waals surface area contributed by atoms with Crippen molar-refractivity contribution < 1.29 is 24.2 Å². The molecule has 146 valence electrons. The first-order valence-corrected chi connectivity index (χ1v) is 9.33. The molecule has 28 heavy (non-hydrogen) atoms. The fourth-order valence-electron chi connectivity index (χ4n) is 4.23. The van der Waals surface area contributed by atoms with Gasteiger partial charge in [-0.25, -0.2) is 4.79 Å². The number of carboxylic acids is 1. The molecule has 3 atom stereocenters. The van der Waals surface area contributed by atoms with Crippen molar-refractivity contribution in [3.05, 3.63) is 42.5 Å². The van der Waals surface area contributed by atoms with E-state index < -0.39 is 17.9 Å². The molecule has 2 aliphatic rings. The third kappa shape index (κ3) is 3.11. The maximum Gasteiger partial charge on any atom is 0.326 e. The molecule has 4 rings (SSSR count). The molecule has 2 heterocycles. The molecule has 0 spiro atoms. The van der Waals surface area contributed by atoms with Crippen molar-refractivity contribution in [2.75, 3.05) is 25.1 Å². The lowest BCUT2D eigenvalue weighted by atomic mass is 10.1. The molecule has 0 saturated carbocycles. The molecule has 2 aromatic rings. The Hall–Kier alpha value is -2.93. The van der Waals surface area contributed by atoms with Crippen LogP contribution in [0.3, 0.4) is 0 Å². The van der Waals surface area contributed by atoms with Crippen LogP contribution >= 0.6 is 0 Å². The van der Waals surface area contributed by atoms with E-state index in [9.17, 15) is 19.5 Å². The zero-order valence-electron chi connectivity index (χ0n) is 15.6. The molecule has 2 amide bonds. The monoisotopic (exact) mass is 382 g/mol. The predicted molar refractivity (Wildman–Crippen MR) is 103 cm³/mol. The van der Waals surface area contributed by atoms with Gasteiger partial charge in [-0.2, -0.15) is 0 Å². The summed E-state index contributed by atoms with van der Waals surface area (Å²) in [6.45, 7) is 0.497. The van der Waals surface area contributed by atoms with E-state index in [1.54, 1.807) is 4.90 Å².